The van der Waals surface area contributed by atoms with Crippen molar-refractivity contribution >= 4 is 38.9 Å². The number of hydrogen-bond acceptors (Lipinski definition) is 2. The molecule has 0 aliphatic rings. The number of nitrogen functional groups attached to an aromatic ring is 1. The molecule has 1 nitrogen and oxygen atoms in total. The lowest BCUT2D eigenvalue weighted by Gasteiger charge is -1.78. The van der Waals surface area contributed by atoms with Crippen LogP contribution in [0.2, 0.25) is 0 Å². The maximum atomic E-state index is 5.55. The molecule has 0 aliphatic carbocycles. The summed E-state index contributed by atoms with van der Waals surface area (Å²) < 4.78 is 1.17. The smallest absolute Gasteiger partial charge is 0.0994 e. The highest BCUT2D eigenvalue weighted by atomic mass is 127. The lowest BCUT2D eigenvalue weighted by molar-refractivity contribution is 1.62. The number of aryl methyl sites for hydroxylation is 1. The normalized spacial score (nSPS) is 9.75. The summed E-state index contributed by atoms with van der Waals surface area (Å²) >= 11 is 3.87. The van der Waals surface area contributed by atoms with Crippen molar-refractivity contribution in [3.63, 3.8) is 0 Å². The summed E-state index contributed by atoms with van der Waals surface area (Å²) in [6.07, 6.45) is 0. The number of anilines is 1. The Kier molecular flexibility index (Phi) is 1.77. The molecule has 44 valence electrons. The SMILES string of the molecule is Cc1cc(I)c(N)s1. The first-order valence-corrected chi connectivity index (χ1v) is 4.11. The van der Waals surface area contributed by atoms with Crippen molar-refractivity contribution < 1.29 is 0 Å². The van der Waals surface area contributed by atoms with Crippen LogP contribution in [0.5, 0.6) is 0 Å². The lowest BCUT2D eigenvalue weighted by Crippen LogP contribution is -1.78. The van der Waals surface area contributed by atoms with Gasteiger partial charge in [-0.15, -0.1) is 11.3 Å². The van der Waals surface area contributed by atoms with Gasteiger partial charge in [-0.1, -0.05) is 0 Å². The Morgan fingerprint density at radius 1 is 1.75 bits per heavy atom. The highest BCUT2D eigenvalue weighted by Crippen LogP contribution is 2.24. The van der Waals surface area contributed by atoms with Crippen molar-refractivity contribution in [3.8, 4) is 0 Å². The van der Waals surface area contributed by atoms with Gasteiger partial charge in [0.1, 0.15) is 0 Å². The summed E-state index contributed by atoms with van der Waals surface area (Å²) in [6.45, 7) is 2.06. The van der Waals surface area contributed by atoms with E-state index in [1.807, 2.05) is 0 Å². The van der Waals surface area contributed by atoms with Crippen LogP contribution in [0.25, 0.3) is 0 Å². The summed E-state index contributed by atoms with van der Waals surface area (Å²) in [5, 5.41) is 0.933. The fourth-order valence-electron chi connectivity index (χ4n) is 0.501. The van der Waals surface area contributed by atoms with Crippen LogP contribution in [0.3, 0.4) is 0 Å². The largest absolute Gasteiger partial charge is 0.390 e. The molecule has 0 unspecified atom stereocenters. The molecule has 0 amide bonds. The Hall–Kier alpha value is 0.230. The van der Waals surface area contributed by atoms with Gasteiger partial charge in [0, 0.05) is 8.45 Å². The van der Waals surface area contributed by atoms with E-state index in [0.717, 1.165) is 5.00 Å². The van der Waals surface area contributed by atoms with Gasteiger partial charge in [-0.05, 0) is 35.6 Å². The molecule has 1 aromatic rings. The van der Waals surface area contributed by atoms with Gasteiger partial charge < -0.3 is 5.73 Å². The number of nitrogens with two attached hydrogens (primary N) is 1. The molecule has 1 heterocycles. The van der Waals surface area contributed by atoms with Crippen molar-refractivity contribution in [1.29, 1.82) is 0 Å². The van der Waals surface area contributed by atoms with Crippen molar-refractivity contribution in [2.45, 2.75) is 6.92 Å². The minimum absolute atomic E-state index is 0.933. The van der Waals surface area contributed by atoms with Crippen LogP contribution in [0.4, 0.5) is 5.00 Å². The summed E-state index contributed by atoms with van der Waals surface area (Å²) in [6, 6.07) is 2.08. The van der Waals surface area contributed by atoms with Crippen molar-refractivity contribution in [3.05, 3.63) is 14.5 Å². The fraction of sp³-hybridized carbons (Fsp3) is 0.200. The molecule has 1 aromatic heterocycles. The standard InChI is InChI=1S/C5H6INS/c1-3-2-4(6)5(7)8-3/h2H,7H2,1H3. The molecule has 2 N–H and O–H groups in total. The molecule has 0 spiro atoms. The molecule has 0 aliphatic heterocycles. The Labute approximate surface area is 66.0 Å². The molecule has 0 radical (unpaired) electrons. The van der Waals surface area contributed by atoms with Crippen LogP contribution in [0.1, 0.15) is 4.88 Å². The summed E-state index contributed by atoms with van der Waals surface area (Å²) in [5.74, 6) is 0. The minimum Gasteiger partial charge on any atom is -0.390 e. The molecule has 0 bridgehead atoms. The third-order valence-electron chi connectivity index (χ3n) is 0.836. The van der Waals surface area contributed by atoms with Gasteiger partial charge in [0.2, 0.25) is 0 Å². The number of hydrogen-bond donors (Lipinski definition) is 1. The van der Waals surface area contributed by atoms with Crippen LogP contribution < -0.4 is 5.73 Å². The molecule has 0 fully saturated rings. The molecule has 0 saturated heterocycles. The average molecular weight is 239 g/mol. The topological polar surface area (TPSA) is 26.0 Å². The van der Waals surface area contributed by atoms with Gasteiger partial charge >= 0.3 is 0 Å². The maximum absolute atomic E-state index is 5.55. The van der Waals surface area contributed by atoms with Gasteiger partial charge in [-0.25, -0.2) is 0 Å². The molecular weight excluding hydrogens is 233 g/mol. The zero-order valence-electron chi connectivity index (χ0n) is 4.44. The summed E-state index contributed by atoms with van der Waals surface area (Å²) in [4.78, 5) is 1.28. The summed E-state index contributed by atoms with van der Waals surface area (Å²) in [7, 11) is 0. The predicted octanol–water partition coefficient (Wildman–Crippen LogP) is 2.24. The van der Waals surface area contributed by atoms with Gasteiger partial charge in [-0.3, -0.25) is 0 Å². The zero-order valence-corrected chi connectivity index (χ0v) is 7.41. The molecular formula is C5H6INS. The molecule has 0 saturated carbocycles. The third-order valence-corrected chi connectivity index (χ3v) is 2.97. The van der Waals surface area contributed by atoms with Crippen LogP contribution >= 0.6 is 33.9 Å². The zero-order chi connectivity index (χ0) is 6.15. The van der Waals surface area contributed by atoms with E-state index in [2.05, 4.69) is 35.6 Å². The number of halogens is 1. The van der Waals surface area contributed by atoms with Crippen molar-refractivity contribution in [2.75, 3.05) is 5.73 Å². The molecule has 0 atom stereocenters. The average Bonchev–Trinajstić information content (AvgIpc) is 1.85. The molecule has 3 heteroatoms. The minimum atomic E-state index is 0.933. The van der Waals surface area contributed by atoms with Crippen molar-refractivity contribution in [2.24, 2.45) is 0 Å². The Bertz CT molecular complexity index is 175. The lowest BCUT2D eigenvalue weighted by atomic mass is 10.5. The second-order valence-electron chi connectivity index (χ2n) is 1.57. The van der Waals surface area contributed by atoms with Gasteiger partial charge in [0.25, 0.3) is 0 Å². The Morgan fingerprint density at radius 2 is 2.38 bits per heavy atom. The van der Waals surface area contributed by atoms with Crippen LogP contribution in [-0.2, 0) is 0 Å². The molecule has 8 heavy (non-hydrogen) atoms. The number of rotatable bonds is 0. The van der Waals surface area contributed by atoms with E-state index in [-0.39, 0.29) is 0 Å². The van der Waals surface area contributed by atoms with E-state index in [4.69, 9.17) is 5.73 Å². The molecule has 1 rings (SSSR count). The van der Waals surface area contributed by atoms with E-state index < -0.39 is 0 Å². The highest BCUT2D eigenvalue weighted by Gasteiger charge is 1.96. The fourth-order valence-corrected chi connectivity index (χ4v) is 2.19. The first-order valence-electron chi connectivity index (χ1n) is 2.21. The van der Waals surface area contributed by atoms with Crippen LogP contribution in [0, 0.1) is 10.5 Å². The van der Waals surface area contributed by atoms with Crippen LogP contribution in [0.15, 0.2) is 6.07 Å². The van der Waals surface area contributed by atoms with Gasteiger partial charge in [-0.2, -0.15) is 0 Å². The Balaban J connectivity index is 3.14. The van der Waals surface area contributed by atoms with E-state index in [1.165, 1.54) is 8.45 Å². The van der Waals surface area contributed by atoms with Gasteiger partial charge in [0.05, 0.1) is 5.00 Å². The van der Waals surface area contributed by atoms with E-state index in [1.54, 1.807) is 11.3 Å². The van der Waals surface area contributed by atoms with E-state index in [9.17, 15) is 0 Å². The monoisotopic (exact) mass is 239 g/mol. The maximum Gasteiger partial charge on any atom is 0.0994 e. The quantitative estimate of drug-likeness (QED) is 0.690. The highest BCUT2D eigenvalue weighted by molar-refractivity contribution is 14.1. The third kappa shape index (κ3) is 1.14. The van der Waals surface area contributed by atoms with Crippen molar-refractivity contribution in [1.82, 2.24) is 0 Å². The first kappa shape index (κ1) is 6.35. The second-order valence-corrected chi connectivity index (χ2v) is 4.02. The van der Waals surface area contributed by atoms with Gasteiger partial charge in [0.15, 0.2) is 0 Å². The van der Waals surface area contributed by atoms with E-state index in [0.29, 0.717) is 0 Å². The first-order chi connectivity index (χ1) is 3.70. The molecule has 0 aromatic carbocycles. The van der Waals surface area contributed by atoms with E-state index >= 15 is 0 Å². The number of thiophene rings is 1. The Morgan fingerprint density at radius 3 is 2.50 bits per heavy atom. The summed E-state index contributed by atoms with van der Waals surface area (Å²) in [5.41, 5.74) is 5.55. The second kappa shape index (κ2) is 2.23. The van der Waals surface area contributed by atoms with Crippen LogP contribution in [-0.4, -0.2) is 0 Å². The predicted molar refractivity (Wildman–Crippen MR) is 46.2 cm³/mol.